The van der Waals surface area contributed by atoms with Crippen LogP contribution in [0.3, 0.4) is 0 Å². The first-order valence-electron chi connectivity index (χ1n) is 6.02. The molecule has 1 aliphatic rings. The second-order valence-electron chi connectivity index (χ2n) is 4.87. The zero-order valence-electron chi connectivity index (χ0n) is 11.1. The van der Waals surface area contributed by atoms with Crippen molar-refractivity contribution < 1.29 is 8.42 Å². The van der Waals surface area contributed by atoms with Crippen LogP contribution in [0, 0.1) is 0 Å². The van der Waals surface area contributed by atoms with E-state index in [1.807, 2.05) is 13.8 Å². The van der Waals surface area contributed by atoms with Gasteiger partial charge < -0.3 is 5.32 Å². The molecule has 1 aromatic rings. The number of nitrogens with zero attached hydrogens (tertiary/aromatic N) is 1. The van der Waals surface area contributed by atoms with Crippen LogP contribution in [-0.4, -0.2) is 37.9 Å². The number of nitrogens with one attached hydrogen (secondary N) is 1. The van der Waals surface area contributed by atoms with Crippen molar-refractivity contribution in [2.24, 2.45) is 0 Å². The minimum atomic E-state index is -3.52. The van der Waals surface area contributed by atoms with Gasteiger partial charge in [-0.25, -0.2) is 8.42 Å². The van der Waals surface area contributed by atoms with E-state index in [1.54, 1.807) is 0 Å². The third-order valence-corrected chi connectivity index (χ3v) is 5.62. The Balaban J connectivity index is 0.00000200. The topological polar surface area (TPSA) is 49.4 Å². The van der Waals surface area contributed by atoms with Crippen molar-refractivity contribution in [2.45, 2.75) is 30.8 Å². The van der Waals surface area contributed by atoms with E-state index in [1.165, 1.54) is 22.5 Å². The Kier molecular flexibility index (Phi) is 6.14. The lowest BCUT2D eigenvalue weighted by Crippen LogP contribution is -2.55. The lowest BCUT2D eigenvalue weighted by Gasteiger charge is -2.35. The molecule has 0 spiro atoms. The van der Waals surface area contributed by atoms with E-state index >= 15 is 0 Å². The predicted octanol–water partition coefficient (Wildman–Crippen LogP) is 2.79. The summed E-state index contributed by atoms with van der Waals surface area (Å²) < 4.78 is 26.6. The van der Waals surface area contributed by atoms with Gasteiger partial charge in [-0.2, -0.15) is 4.31 Å². The molecule has 0 saturated carbocycles. The summed E-state index contributed by atoms with van der Waals surface area (Å²) in [6.07, 6.45) is 0. The molecule has 2 rings (SSSR count). The Labute approximate surface area is 135 Å². The third kappa shape index (κ3) is 3.78. The predicted molar refractivity (Wildman–Crippen MR) is 84.5 cm³/mol. The van der Waals surface area contributed by atoms with Gasteiger partial charge >= 0.3 is 0 Å². The number of rotatable bonds is 2. The summed E-state index contributed by atoms with van der Waals surface area (Å²) in [5.41, 5.74) is 0. The van der Waals surface area contributed by atoms with Gasteiger partial charge in [0, 0.05) is 25.2 Å². The van der Waals surface area contributed by atoms with E-state index in [2.05, 4.69) is 5.32 Å². The van der Waals surface area contributed by atoms with Crippen LogP contribution in [0.4, 0.5) is 0 Å². The molecule has 2 unspecified atom stereocenters. The number of hydrogen-bond acceptors (Lipinski definition) is 3. The monoisotopic (exact) mass is 358 g/mol. The Morgan fingerprint density at radius 3 is 2.20 bits per heavy atom. The van der Waals surface area contributed by atoms with E-state index in [0.29, 0.717) is 18.1 Å². The standard InChI is InChI=1S/C12H16Cl2N2O2S.ClH/c1-8-6-16(7-9(2)15-8)19(17,18)10-3-4-11(13)12(14)5-10;/h3-5,8-9,15H,6-7H2,1-2H3;1H. The smallest absolute Gasteiger partial charge is 0.243 e. The summed E-state index contributed by atoms with van der Waals surface area (Å²) in [5, 5.41) is 3.90. The van der Waals surface area contributed by atoms with Gasteiger partial charge in [0.25, 0.3) is 0 Å². The van der Waals surface area contributed by atoms with Gasteiger partial charge in [-0.1, -0.05) is 23.2 Å². The van der Waals surface area contributed by atoms with Crippen LogP contribution in [0.1, 0.15) is 13.8 Å². The molecule has 1 aromatic carbocycles. The first-order valence-corrected chi connectivity index (χ1v) is 8.21. The minimum Gasteiger partial charge on any atom is -0.309 e. The van der Waals surface area contributed by atoms with Crippen molar-refractivity contribution in [3.63, 3.8) is 0 Å². The summed E-state index contributed by atoms with van der Waals surface area (Å²) >= 11 is 11.7. The van der Waals surface area contributed by atoms with Crippen molar-refractivity contribution >= 4 is 45.6 Å². The van der Waals surface area contributed by atoms with Crippen molar-refractivity contribution in [1.29, 1.82) is 0 Å². The quantitative estimate of drug-likeness (QED) is 0.883. The maximum absolute atomic E-state index is 12.5. The van der Waals surface area contributed by atoms with E-state index in [4.69, 9.17) is 23.2 Å². The van der Waals surface area contributed by atoms with Crippen molar-refractivity contribution in [3.8, 4) is 0 Å². The zero-order valence-corrected chi connectivity index (χ0v) is 14.3. The average Bonchev–Trinajstić information content (AvgIpc) is 2.31. The highest BCUT2D eigenvalue weighted by atomic mass is 35.5. The average molecular weight is 360 g/mol. The molecule has 20 heavy (non-hydrogen) atoms. The number of halogens is 3. The highest BCUT2D eigenvalue weighted by Gasteiger charge is 2.31. The van der Waals surface area contributed by atoms with Gasteiger partial charge in [-0.05, 0) is 32.0 Å². The van der Waals surface area contributed by atoms with Crippen LogP contribution in [0.15, 0.2) is 23.1 Å². The summed E-state index contributed by atoms with van der Waals surface area (Å²) in [7, 11) is -3.52. The number of sulfonamides is 1. The maximum atomic E-state index is 12.5. The van der Waals surface area contributed by atoms with Gasteiger partial charge in [0.05, 0.1) is 14.9 Å². The first-order chi connectivity index (χ1) is 8.80. The summed E-state index contributed by atoms with van der Waals surface area (Å²) in [4.78, 5) is 0.184. The molecule has 4 nitrogen and oxygen atoms in total. The SMILES string of the molecule is CC1CN(S(=O)(=O)c2ccc(Cl)c(Cl)c2)CC(C)N1.Cl. The van der Waals surface area contributed by atoms with Gasteiger partial charge in [0.15, 0.2) is 0 Å². The molecule has 0 bridgehead atoms. The lowest BCUT2D eigenvalue weighted by atomic mass is 10.2. The molecule has 1 saturated heterocycles. The minimum absolute atomic E-state index is 0. The molecule has 1 heterocycles. The number of piperazine rings is 1. The Morgan fingerprint density at radius 1 is 1.15 bits per heavy atom. The fourth-order valence-corrected chi connectivity index (χ4v) is 4.27. The fraction of sp³-hybridized carbons (Fsp3) is 0.500. The third-order valence-electron chi connectivity index (χ3n) is 3.05. The van der Waals surface area contributed by atoms with Gasteiger partial charge in [-0.15, -0.1) is 12.4 Å². The molecule has 2 atom stereocenters. The van der Waals surface area contributed by atoms with Gasteiger partial charge in [-0.3, -0.25) is 0 Å². The fourth-order valence-electron chi connectivity index (χ4n) is 2.26. The number of benzene rings is 1. The Hall–Kier alpha value is -0.0400. The largest absolute Gasteiger partial charge is 0.309 e. The van der Waals surface area contributed by atoms with Crippen LogP contribution in [0.5, 0.6) is 0 Å². The highest BCUT2D eigenvalue weighted by Crippen LogP contribution is 2.27. The van der Waals surface area contributed by atoms with Gasteiger partial charge in [0.1, 0.15) is 0 Å². The van der Waals surface area contributed by atoms with Crippen molar-refractivity contribution in [1.82, 2.24) is 9.62 Å². The van der Waals surface area contributed by atoms with E-state index in [-0.39, 0.29) is 34.4 Å². The second kappa shape index (κ2) is 6.81. The molecule has 1 N–H and O–H groups in total. The molecule has 114 valence electrons. The molecular weight excluding hydrogens is 343 g/mol. The molecule has 0 radical (unpaired) electrons. The van der Waals surface area contributed by atoms with Crippen LogP contribution in [0.25, 0.3) is 0 Å². The maximum Gasteiger partial charge on any atom is 0.243 e. The molecule has 0 aliphatic carbocycles. The Bertz CT molecular complexity index is 570. The van der Waals surface area contributed by atoms with E-state index in [0.717, 1.165) is 0 Å². The van der Waals surface area contributed by atoms with Crippen molar-refractivity contribution in [3.05, 3.63) is 28.2 Å². The van der Waals surface area contributed by atoms with Crippen LogP contribution < -0.4 is 5.32 Å². The van der Waals surface area contributed by atoms with Crippen LogP contribution >= 0.6 is 35.6 Å². The van der Waals surface area contributed by atoms with Gasteiger partial charge in [0.2, 0.25) is 10.0 Å². The molecular formula is C12H17Cl3N2O2S. The summed E-state index contributed by atoms with van der Waals surface area (Å²) in [6.45, 7) is 4.83. The lowest BCUT2D eigenvalue weighted by molar-refractivity contribution is 0.263. The van der Waals surface area contributed by atoms with E-state index in [9.17, 15) is 8.42 Å². The van der Waals surface area contributed by atoms with E-state index < -0.39 is 10.0 Å². The van der Waals surface area contributed by atoms with Crippen LogP contribution in [0.2, 0.25) is 10.0 Å². The molecule has 1 fully saturated rings. The molecule has 0 aromatic heterocycles. The first kappa shape index (κ1) is 18.0. The highest BCUT2D eigenvalue weighted by molar-refractivity contribution is 7.89. The zero-order chi connectivity index (χ0) is 14.2. The number of hydrogen-bond donors (Lipinski definition) is 1. The molecule has 0 amide bonds. The Morgan fingerprint density at radius 2 is 1.70 bits per heavy atom. The summed E-state index contributed by atoms with van der Waals surface area (Å²) in [6, 6.07) is 4.64. The van der Waals surface area contributed by atoms with Crippen LogP contribution in [-0.2, 0) is 10.0 Å². The van der Waals surface area contributed by atoms with Crippen molar-refractivity contribution in [2.75, 3.05) is 13.1 Å². The molecule has 8 heteroatoms. The summed E-state index contributed by atoms with van der Waals surface area (Å²) in [5.74, 6) is 0. The molecule has 1 aliphatic heterocycles. The normalized spacial score (nSPS) is 24.2. The second-order valence-corrected chi connectivity index (χ2v) is 7.62.